The Morgan fingerprint density at radius 3 is 2.13 bits per heavy atom. The van der Waals surface area contributed by atoms with Gasteiger partial charge in [0, 0.05) is 34.1 Å². The number of amides is 2. The fourth-order valence-electron chi connectivity index (χ4n) is 2.71. The third-order valence-electron chi connectivity index (χ3n) is 4.27. The van der Waals surface area contributed by atoms with Crippen LogP contribution in [0.25, 0.3) is 0 Å². The van der Waals surface area contributed by atoms with Crippen molar-refractivity contribution in [1.82, 2.24) is 5.32 Å². The molecular formula is C22H19BrN2O4S. The zero-order chi connectivity index (χ0) is 21.7. The molecule has 154 valence electrons. The van der Waals surface area contributed by atoms with E-state index in [1.54, 1.807) is 54.6 Å². The van der Waals surface area contributed by atoms with Crippen molar-refractivity contribution in [2.45, 2.75) is 11.4 Å². The van der Waals surface area contributed by atoms with Crippen molar-refractivity contribution in [2.75, 3.05) is 11.6 Å². The number of rotatable bonds is 6. The van der Waals surface area contributed by atoms with Crippen molar-refractivity contribution in [2.24, 2.45) is 0 Å². The lowest BCUT2D eigenvalue weighted by Crippen LogP contribution is -2.23. The molecule has 30 heavy (non-hydrogen) atoms. The fourth-order valence-corrected chi connectivity index (χ4v) is 3.74. The highest BCUT2D eigenvalue weighted by molar-refractivity contribution is 9.10. The van der Waals surface area contributed by atoms with E-state index in [0.29, 0.717) is 16.8 Å². The Labute approximate surface area is 183 Å². The molecule has 2 N–H and O–H groups in total. The monoisotopic (exact) mass is 486 g/mol. The summed E-state index contributed by atoms with van der Waals surface area (Å²) >= 11 is 3.33. The Balaban J connectivity index is 1.63. The summed E-state index contributed by atoms with van der Waals surface area (Å²) in [4.78, 5) is 25.1. The summed E-state index contributed by atoms with van der Waals surface area (Å²) in [6, 6.07) is 20.0. The summed E-state index contributed by atoms with van der Waals surface area (Å²) in [5, 5.41) is 5.56. The fraction of sp³-hybridized carbons (Fsp3) is 0.0909. The van der Waals surface area contributed by atoms with E-state index >= 15 is 0 Å². The predicted molar refractivity (Wildman–Crippen MR) is 119 cm³/mol. The van der Waals surface area contributed by atoms with Crippen molar-refractivity contribution in [3.05, 3.63) is 94.0 Å². The van der Waals surface area contributed by atoms with Gasteiger partial charge in [-0.15, -0.1) is 0 Å². The average molecular weight is 487 g/mol. The first-order valence-corrected chi connectivity index (χ1v) is 11.6. The van der Waals surface area contributed by atoms with Crippen molar-refractivity contribution < 1.29 is 18.0 Å². The number of anilines is 1. The zero-order valence-corrected chi connectivity index (χ0v) is 18.5. The van der Waals surface area contributed by atoms with E-state index in [-0.39, 0.29) is 23.3 Å². The van der Waals surface area contributed by atoms with E-state index in [1.165, 1.54) is 12.1 Å². The van der Waals surface area contributed by atoms with E-state index in [2.05, 4.69) is 26.6 Å². The van der Waals surface area contributed by atoms with Gasteiger partial charge in [0.1, 0.15) is 0 Å². The van der Waals surface area contributed by atoms with Gasteiger partial charge in [-0.1, -0.05) is 40.2 Å². The van der Waals surface area contributed by atoms with Crippen molar-refractivity contribution in [1.29, 1.82) is 0 Å². The van der Waals surface area contributed by atoms with Crippen LogP contribution in [0.15, 0.2) is 82.2 Å². The Hall–Kier alpha value is -2.97. The normalized spacial score (nSPS) is 11.0. The molecule has 3 aromatic carbocycles. The van der Waals surface area contributed by atoms with E-state index in [4.69, 9.17) is 0 Å². The quantitative estimate of drug-likeness (QED) is 0.549. The topological polar surface area (TPSA) is 92.3 Å². The van der Waals surface area contributed by atoms with Crippen LogP contribution in [0, 0.1) is 0 Å². The number of hydrogen-bond donors (Lipinski definition) is 2. The van der Waals surface area contributed by atoms with Gasteiger partial charge in [0.25, 0.3) is 11.8 Å². The summed E-state index contributed by atoms with van der Waals surface area (Å²) in [6.45, 7) is 0.248. The highest BCUT2D eigenvalue weighted by Gasteiger charge is 2.10. The molecule has 0 aliphatic carbocycles. The van der Waals surface area contributed by atoms with Gasteiger partial charge in [-0.2, -0.15) is 0 Å². The highest BCUT2D eigenvalue weighted by atomic mass is 79.9. The minimum Gasteiger partial charge on any atom is -0.348 e. The van der Waals surface area contributed by atoms with Gasteiger partial charge in [0.05, 0.1) is 4.90 Å². The Morgan fingerprint density at radius 2 is 1.50 bits per heavy atom. The first-order valence-electron chi connectivity index (χ1n) is 8.96. The van der Waals surface area contributed by atoms with Crippen LogP contribution < -0.4 is 10.6 Å². The number of carbonyl (C=O) groups is 2. The molecule has 0 radical (unpaired) electrons. The van der Waals surface area contributed by atoms with Crippen LogP contribution in [0.2, 0.25) is 0 Å². The second-order valence-corrected chi connectivity index (χ2v) is 9.58. The molecule has 3 aromatic rings. The standard InChI is InChI=1S/C22H19BrN2O4S/c1-30(28,29)20-10-8-15(9-11-20)14-24-21(26)17-5-3-7-19(13-17)25-22(27)16-4-2-6-18(23)12-16/h2-13H,14H2,1H3,(H,24,26)(H,25,27). The van der Waals surface area contributed by atoms with Crippen molar-refractivity contribution in [3.63, 3.8) is 0 Å². The molecule has 0 saturated carbocycles. The third-order valence-corrected chi connectivity index (χ3v) is 5.90. The number of sulfone groups is 1. The second kappa shape index (κ2) is 9.23. The average Bonchev–Trinajstić information content (AvgIpc) is 2.72. The first-order chi connectivity index (χ1) is 14.2. The lowest BCUT2D eigenvalue weighted by atomic mass is 10.1. The van der Waals surface area contributed by atoms with Gasteiger partial charge in [0.15, 0.2) is 9.84 Å². The summed E-state index contributed by atoms with van der Waals surface area (Å²) in [7, 11) is -3.26. The molecule has 0 bridgehead atoms. The van der Waals surface area contributed by atoms with Crippen LogP contribution in [-0.4, -0.2) is 26.5 Å². The van der Waals surface area contributed by atoms with E-state index in [0.717, 1.165) is 16.3 Å². The Kier molecular flexibility index (Phi) is 6.69. The summed E-state index contributed by atoms with van der Waals surface area (Å²) in [5.74, 6) is -0.583. The molecular weight excluding hydrogens is 468 g/mol. The Morgan fingerprint density at radius 1 is 0.867 bits per heavy atom. The summed E-state index contributed by atoms with van der Waals surface area (Å²) in [5.41, 5.74) is 2.17. The van der Waals surface area contributed by atoms with Crippen molar-refractivity contribution >= 4 is 43.3 Å². The third kappa shape index (κ3) is 5.77. The SMILES string of the molecule is CS(=O)(=O)c1ccc(CNC(=O)c2cccc(NC(=O)c3cccc(Br)c3)c2)cc1. The maximum absolute atomic E-state index is 12.5. The summed E-state index contributed by atoms with van der Waals surface area (Å²) < 4.78 is 23.8. The summed E-state index contributed by atoms with van der Waals surface area (Å²) in [6.07, 6.45) is 1.15. The molecule has 0 spiro atoms. The van der Waals surface area contributed by atoms with Crippen LogP contribution in [0.4, 0.5) is 5.69 Å². The van der Waals surface area contributed by atoms with Gasteiger partial charge in [-0.05, 0) is 54.1 Å². The number of benzene rings is 3. The van der Waals surface area contributed by atoms with Crippen LogP contribution >= 0.6 is 15.9 Å². The van der Waals surface area contributed by atoms with Crippen molar-refractivity contribution in [3.8, 4) is 0 Å². The molecule has 6 nitrogen and oxygen atoms in total. The molecule has 0 fully saturated rings. The smallest absolute Gasteiger partial charge is 0.255 e. The maximum atomic E-state index is 12.5. The van der Waals surface area contributed by atoms with Crippen LogP contribution in [-0.2, 0) is 16.4 Å². The molecule has 0 atom stereocenters. The number of carbonyl (C=O) groups excluding carboxylic acids is 2. The minimum absolute atomic E-state index is 0.228. The van der Waals surface area contributed by atoms with Crippen LogP contribution in [0.1, 0.15) is 26.3 Å². The minimum atomic E-state index is -3.26. The van der Waals surface area contributed by atoms with Gasteiger partial charge in [-0.3, -0.25) is 9.59 Å². The largest absolute Gasteiger partial charge is 0.348 e. The number of nitrogens with one attached hydrogen (secondary N) is 2. The molecule has 0 unspecified atom stereocenters. The first kappa shape index (κ1) is 21.7. The molecule has 0 aromatic heterocycles. The lowest BCUT2D eigenvalue weighted by molar-refractivity contribution is 0.0949. The zero-order valence-electron chi connectivity index (χ0n) is 16.1. The van der Waals surface area contributed by atoms with Crippen LogP contribution in [0.3, 0.4) is 0 Å². The molecule has 0 heterocycles. The van der Waals surface area contributed by atoms with E-state index < -0.39 is 9.84 Å². The van der Waals surface area contributed by atoms with Crippen LogP contribution in [0.5, 0.6) is 0 Å². The maximum Gasteiger partial charge on any atom is 0.255 e. The molecule has 0 aliphatic heterocycles. The van der Waals surface area contributed by atoms with Gasteiger partial charge >= 0.3 is 0 Å². The molecule has 2 amide bonds. The second-order valence-electron chi connectivity index (χ2n) is 6.64. The molecule has 8 heteroatoms. The molecule has 0 saturated heterocycles. The van der Waals surface area contributed by atoms with Gasteiger partial charge < -0.3 is 10.6 Å². The Bertz CT molecular complexity index is 1190. The number of halogens is 1. The lowest BCUT2D eigenvalue weighted by Gasteiger charge is -2.09. The van der Waals surface area contributed by atoms with Gasteiger partial charge in [0.2, 0.25) is 0 Å². The molecule has 0 aliphatic rings. The van der Waals surface area contributed by atoms with E-state index in [1.807, 2.05) is 6.07 Å². The molecule has 3 rings (SSSR count). The predicted octanol–water partition coefficient (Wildman–Crippen LogP) is 4.03. The highest BCUT2D eigenvalue weighted by Crippen LogP contribution is 2.16. The van der Waals surface area contributed by atoms with E-state index in [9.17, 15) is 18.0 Å². The van der Waals surface area contributed by atoms with Gasteiger partial charge in [-0.25, -0.2) is 8.42 Å². The number of hydrogen-bond acceptors (Lipinski definition) is 4.